The molecule has 1 aliphatic heterocycles. The number of pyridine rings is 1. The van der Waals surface area contributed by atoms with Crippen molar-refractivity contribution in [2.24, 2.45) is 29.1 Å². The van der Waals surface area contributed by atoms with Crippen LogP contribution in [-0.2, 0) is 24.0 Å². The van der Waals surface area contributed by atoms with E-state index >= 15 is 0 Å². The zero-order valence-corrected chi connectivity index (χ0v) is 30.4. The van der Waals surface area contributed by atoms with E-state index in [1.165, 1.54) is 17.2 Å². The minimum Gasteiger partial charge on any atom is -0.346 e. The van der Waals surface area contributed by atoms with E-state index in [2.05, 4.69) is 32.8 Å². The number of hydrogen-bond acceptors (Lipinski definition) is 7. The Kier molecular flexibility index (Phi) is 11.8. The summed E-state index contributed by atoms with van der Waals surface area (Å²) in [6.45, 7) is 11.4. The molecule has 5 amide bonds. The first kappa shape index (κ1) is 37.9. The lowest BCUT2D eigenvalue weighted by Gasteiger charge is -2.44. The highest BCUT2D eigenvalue weighted by Gasteiger charge is 2.53. The summed E-state index contributed by atoms with van der Waals surface area (Å²) < 4.78 is 0. The third-order valence-electron chi connectivity index (χ3n) is 11.2. The van der Waals surface area contributed by atoms with Gasteiger partial charge in [0.1, 0.15) is 17.6 Å². The van der Waals surface area contributed by atoms with Crippen LogP contribution in [0.4, 0.5) is 0 Å². The van der Waals surface area contributed by atoms with Gasteiger partial charge in [0.2, 0.25) is 23.5 Å². The Balaban J connectivity index is 1.39. The molecule has 0 aromatic carbocycles. The zero-order chi connectivity index (χ0) is 36.9. The summed E-state index contributed by atoms with van der Waals surface area (Å²) in [5, 5.41) is 11.5. The van der Waals surface area contributed by atoms with Gasteiger partial charge < -0.3 is 26.2 Å². The summed E-state index contributed by atoms with van der Waals surface area (Å²) in [7, 11) is 0. The second-order valence-corrected chi connectivity index (χ2v) is 15.8. The van der Waals surface area contributed by atoms with Gasteiger partial charge in [0.25, 0.3) is 11.8 Å². The molecule has 3 aliphatic carbocycles. The number of likely N-dealkylation sites (tertiary alicyclic amines) is 1. The minimum atomic E-state index is -1.28. The summed E-state index contributed by atoms with van der Waals surface area (Å²) in [4.78, 5) is 88.4. The molecule has 0 spiro atoms. The molecule has 3 fully saturated rings. The highest BCUT2D eigenvalue weighted by Crippen LogP contribution is 2.41. The van der Waals surface area contributed by atoms with Crippen LogP contribution in [-0.4, -0.2) is 82.0 Å². The number of Topliss-reactive ketones (excluding diaryl/α,β-unsaturated/α-hetero) is 1. The van der Waals surface area contributed by atoms with E-state index in [9.17, 15) is 28.8 Å². The van der Waals surface area contributed by atoms with Gasteiger partial charge in [-0.3, -0.25) is 33.8 Å². The second-order valence-electron chi connectivity index (χ2n) is 15.8. The fraction of sp³-hybridized carbons (Fsp3) is 0.615. The summed E-state index contributed by atoms with van der Waals surface area (Å²) in [6.07, 6.45) is 15.4. The summed E-state index contributed by atoms with van der Waals surface area (Å²) in [5.74, 6) is -3.45. The van der Waals surface area contributed by atoms with E-state index < -0.39 is 64.4 Å². The molecule has 5 rings (SSSR count). The van der Waals surface area contributed by atoms with Crippen LogP contribution < -0.4 is 21.3 Å². The Bertz CT molecular complexity index is 1530. The lowest BCUT2D eigenvalue weighted by Crippen LogP contribution is -2.67. The van der Waals surface area contributed by atoms with Crippen molar-refractivity contribution in [3.63, 3.8) is 0 Å². The van der Waals surface area contributed by atoms with Gasteiger partial charge in [-0.2, -0.15) is 0 Å². The van der Waals surface area contributed by atoms with Crippen molar-refractivity contribution in [1.82, 2.24) is 31.2 Å². The largest absolute Gasteiger partial charge is 0.346 e. The lowest BCUT2D eigenvalue weighted by atomic mass is 9.71. The zero-order valence-electron chi connectivity index (χ0n) is 30.4. The van der Waals surface area contributed by atoms with Crippen LogP contribution in [0.1, 0.15) is 95.8 Å². The van der Waals surface area contributed by atoms with Crippen LogP contribution in [0.3, 0.4) is 0 Å². The highest BCUT2D eigenvalue weighted by molar-refractivity contribution is 6.38. The molecule has 3 unspecified atom stereocenters. The molecule has 12 nitrogen and oxygen atoms in total. The van der Waals surface area contributed by atoms with Gasteiger partial charge in [-0.1, -0.05) is 78.0 Å². The van der Waals surface area contributed by atoms with Crippen LogP contribution in [0.15, 0.2) is 49.3 Å². The van der Waals surface area contributed by atoms with Crippen LogP contribution in [0.2, 0.25) is 0 Å². The first-order chi connectivity index (χ1) is 24.3. The van der Waals surface area contributed by atoms with E-state index in [4.69, 9.17) is 0 Å². The topological polar surface area (TPSA) is 167 Å². The third-order valence-corrected chi connectivity index (χ3v) is 11.2. The monoisotopic (exact) mass is 702 g/mol. The summed E-state index contributed by atoms with van der Waals surface area (Å²) in [5.41, 5.74) is -1.70. The van der Waals surface area contributed by atoms with Crippen molar-refractivity contribution in [2.45, 2.75) is 109 Å². The minimum absolute atomic E-state index is 0.0507. The lowest BCUT2D eigenvalue weighted by molar-refractivity contribution is -0.146. The molecule has 2 heterocycles. The average molecular weight is 703 g/mol. The van der Waals surface area contributed by atoms with Crippen LogP contribution in [0.25, 0.3) is 0 Å². The Morgan fingerprint density at radius 1 is 1.02 bits per heavy atom. The van der Waals surface area contributed by atoms with Crippen LogP contribution >= 0.6 is 0 Å². The third kappa shape index (κ3) is 8.42. The number of nitrogens with one attached hydrogen (secondary N) is 4. The van der Waals surface area contributed by atoms with Crippen molar-refractivity contribution >= 4 is 35.3 Å². The van der Waals surface area contributed by atoms with Crippen molar-refractivity contribution < 1.29 is 28.8 Å². The summed E-state index contributed by atoms with van der Waals surface area (Å²) >= 11 is 0. The fourth-order valence-electron chi connectivity index (χ4n) is 7.92. The summed E-state index contributed by atoms with van der Waals surface area (Å²) in [6, 6.07) is 0.359. The Morgan fingerprint density at radius 3 is 2.31 bits per heavy atom. The molecule has 1 aromatic heterocycles. The predicted molar refractivity (Wildman–Crippen MR) is 192 cm³/mol. The normalized spacial score (nSPS) is 23.8. The number of amides is 5. The molecule has 51 heavy (non-hydrogen) atoms. The predicted octanol–water partition coefficient (Wildman–Crippen LogP) is 3.24. The second kappa shape index (κ2) is 15.9. The quantitative estimate of drug-likeness (QED) is 0.161. The number of carbonyl (C=O) groups is 6. The molecule has 276 valence electrons. The van der Waals surface area contributed by atoms with Crippen molar-refractivity contribution in [2.75, 3.05) is 13.1 Å². The van der Waals surface area contributed by atoms with Crippen molar-refractivity contribution in [1.29, 1.82) is 0 Å². The fourth-order valence-corrected chi connectivity index (χ4v) is 7.92. The standard InChI is InChI=1S/C39H54N6O6/c1-6-19-41-35(49)31(46)29(21-24-15-16-24)42-34(48)30-28-18-17-26(28)23-45(30)36(50)32(38(3,4)5)43-37(51)39(7-2,27-13-9-8-10-14-27)44-33(47)25-12-11-20-40-22-25/h6,11-12,17-18,20,22,24,26-30,32H,1,7-10,13-16,19,21,23H2,2-5H3,(H,41,49)(H,42,48)(H,43,51)(H,44,47)/t26?,28-,29?,30-,32+,39?/m0/s1. The molecule has 1 aromatic rings. The van der Waals surface area contributed by atoms with Gasteiger partial charge >= 0.3 is 0 Å². The molecule has 1 saturated heterocycles. The molecular formula is C39H54N6O6. The first-order valence-corrected chi connectivity index (χ1v) is 18.6. The molecule has 0 radical (unpaired) electrons. The molecule has 4 N–H and O–H groups in total. The number of hydrogen-bond donors (Lipinski definition) is 4. The Morgan fingerprint density at radius 2 is 1.75 bits per heavy atom. The SMILES string of the molecule is C=CCNC(=O)C(=O)C(CC1CC1)NC(=O)[C@@H]1[C@H]2C=CC2CN1C(=O)[C@@H](NC(=O)C(CC)(NC(=O)c1cccnc1)C1CCCCC1)C(C)(C)C. The first-order valence-electron chi connectivity index (χ1n) is 18.6. The van der Waals surface area contributed by atoms with E-state index in [0.717, 1.165) is 44.9 Å². The number of rotatable bonds is 15. The van der Waals surface area contributed by atoms with Crippen LogP contribution in [0, 0.1) is 29.1 Å². The van der Waals surface area contributed by atoms with E-state index in [1.807, 2.05) is 39.8 Å². The molecular weight excluding hydrogens is 648 g/mol. The van der Waals surface area contributed by atoms with E-state index in [0.29, 0.717) is 18.4 Å². The van der Waals surface area contributed by atoms with Gasteiger partial charge in [-0.15, -0.1) is 6.58 Å². The maximum atomic E-state index is 14.7. The number of nitrogens with zero attached hydrogens (tertiary/aromatic N) is 2. The molecule has 4 aliphatic rings. The number of fused-ring (bicyclic) bond motifs is 1. The van der Waals surface area contributed by atoms with Crippen molar-refractivity contribution in [3.05, 3.63) is 54.9 Å². The van der Waals surface area contributed by atoms with E-state index in [1.54, 1.807) is 18.3 Å². The van der Waals surface area contributed by atoms with Crippen molar-refractivity contribution in [3.8, 4) is 0 Å². The van der Waals surface area contributed by atoms with Gasteiger partial charge in [-0.05, 0) is 55.1 Å². The number of aromatic nitrogens is 1. The number of ketones is 1. The number of carbonyl (C=O) groups excluding carboxylic acids is 6. The van der Waals surface area contributed by atoms with E-state index in [-0.39, 0.29) is 36.8 Å². The Hall–Kier alpha value is -4.35. The Labute approximate surface area is 301 Å². The highest BCUT2D eigenvalue weighted by atomic mass is 16.2. The maximum absolute atomic E-state index is 14.7. The maximum Gasteiger partial charge on any atom is 0.289 e. The van der Waals surface area contributed by atoms with Gasteiger partial charge in [0.05, 0.1) is 11.6 Å². The van der Waals surface area contributed by atoms with Crippen LogP contribution in [0.5, 0.6) is 0 Å². The average Bonchev–Trinajstić information content (AvgIpc) is 3.89. The smallest absolute Gasteiger partial charge is 0.289 e. The van der Waals surface area contributed by atoms with Gasteiger partial charge in [0, 0.05) is 37.3 Å². The molecule has 6 atom stereocenters. The van der Waals surface area contributed by atoms with Gasteiger partial charge in [-0.25, -0.2) is 0 Å². The molecule has 0 bridgehead atoms. The van der Waals surface area contributed by atoms with Gasteiger partial charge in [0.15, 0.2) is 0 Å². The molecule has 12 heteroatoms. The molecule has 2 saturated carbocycles.